The number of carbonyl (C=O) groups excluding carboxylic acids is 1. The summed E-state index contributed by atoms with van der Waals surface area (Å²) in [5.41, 5.74) is -0.231. The number of nitrogens with zero attached hydrogens (tertiary/aromatic N) is 1. The molecule has 30 heavy (non-hydrogen) atoms. The summed E-state index contributed by atoms with van der Waals surface area (Å²) in [5, 5.41) is 9.13. The number of sulfonamides is 1. The summed E-state index contributed by atoms with van der Waals surface area (Å²) in [7, 11) is -0.429. The van der Waals surface area contributed by atoms with Gasteiger partial charge in [0.05, 0.1) is 10.4 Å². The minimum Gasteiger partial charge on any atom is -0.444 e. The van der Waals surface area contributed by atoms with Crippen molar-refractivity contribution < 1.29 is 17.9 Å². The Kier molecular flexibility index (Phi) is 11.1. The zero-order chi connectivity index (χ0) is 22.3. The van der Waals surface area contributed by atoms with Crippen LogP contribution in [0, 0.1) is 0 Å². The van der Waals surface area contributed by atoms with Crippen LogP contribution in [0.2, 0.25) is 0 Å². The number of hydrogen-bond acceptors (Lipinski definition) is 5. The van der Waals surface area contributed by atoms with Gasteiger partial charge in [0.2, 0.25) is 10.0 Å². The Morgan fingerprint density at radius 1 is 1.07 bits per heavy atom. The van der Waals surface area contributed by atoms with Gasteiger partial charge in [0.25, 0.3) is 0 Å². The summed E-state index contributed by atoms with van der Waals surface area (Å²) < 4.78 is 31.1. The molecule has 1 aromatic carbocycles. The zero-order valence-corrected chi connectivity index (χ0v) is 21.8. The van der Waals surface area contributed by atoms with Crippen molar-refractivity contribution in [1.82, 2.24) is 20.7 Å². The molecule has 1 aromatic rings. The quantitative estimate of drug-likeness (QED) is 0.233. The molecule has 1 amide bonds. The van der Waals surface area contributed by atoms with E-state index in [-0.39, 0.29) is 28.9 Å². The van der Waals surface area contributed by atoms with Gasteiger partial charge in [-0.05, 0) is 59.4 Å². The van der Waals surface area contributed by atoms with Crippen LogP contribution in [-0.2, 0) is 21.3 Å². The number of aliphatic imine (C=N–C) groups is 1. The Morgan fingerprint density at radius 2 is 1.63 bits per heavy atom. The van der Waals surface area contributed by atoms with Gasteiger partial charge in [-0.25, -0.2) is 17.9 Å². The van der Waals surface area contributed by atoms with Crippen molar-refractivity contribution in [2.45, 2.75) is 57.2 Å². The van der Waals surface area contributed by atoms with Gasteiger partial charge in [-0.2, -0.15) is 0 Å². The minimum absolute atomic E-state index is 0. The molecule has 172 valence electrons. The lowest BCUT2D eigenvalue weighted by molar-refractivity contribution is 0.0474. The number of nitrogens with one attached hydrogen (secondary N) is 4. The van der Waals surface area contributed by atoms with E-state index in [2.05, 4.69) is 25.7 Å². The van der Waals surface area contributed by atoms with E-state index in [4.69, 9.17) is 4.74 Å². The largest absolute Gasteiger partial charge is 0.444 e. The molecule has 0 spiro atoms. The van der Waals surface area contributed by atoms with E-state index in [0.29, 0.717) is 19.0 Å². The van der Waals surface area contributed by atoms with E-state index in [1.54, 1.807) is 31.3 Å². The maximum absolute atomic E-state index is 12.0. The molecule has 0 unspecified atom stereocenters. The van der Waals surface area contributed by atoms with Crippen LogP contribution < -0.4 is 20.7 Å². The molecule has 0 saturated heterocycles. The fourth-order valence-electron chi connectivity index (χ4n) is 2.24. The zero-order valence-electron chi connectivity index (χ0n) is 18.6. The molecule has 0 aromatic heterocycles. The van der Waals surface area contributed by atoms with E-state index in [1.165, 1.54) is 7.05 Å². The number of amides is 1. The molecular formula is C19H34IN5O4S. The predicted molar refractivity (Wildman–Crippen MR) is 130 cm³/mol. The summed E-state index contributed by atoms with van der Waals surface area (Å²) >= 11 is 0. The maximum Gasteiger partial charge on any atom is 0.408 e. The Morgan fingerprint density at radius 3 is 2.10 bits per heavy atom. The lowest BCUT2D eigenvalue weighted by atomic mass is 10.1. The normalized spacial score (nSPS) is 12.6. The Balaban J connectivity index is 0.00000841. The van der Waals surface area contributed by atoms with Crippen LogP contribution in [0.1, 0.15) is 40.2 Å². The summed E-state index contributed by atoms with van der Waals surface area (Å²) in [6.45, 7) is 10.1. The van der Waals surface area contributed by atoms with Gasteiger partial charge < -0.3 is 20.7 Å². The molecule has 0 atom stereocenters. The lowest BCUT2D eigenvalue weighted by Gasteiger charge is -2.29. The first-order valence-electron chi connectivity index (χ1n) is 9.26. The molecule has 1 rings (SSSR count). The van der Waals surface area contributed by atoms with Crippen molar-refractivity contribution in [3.8, 4) is 0 Å². The van der Waals surface area contributed by atoms with Crippen molar-refractivity contribution in [2.75, 3.05) is 20.6 Å². The van der Waals surface area contributed by atoms with Crippen LogP contribution in [-0.4, -0.2) is 52.3 Å². The van der Waals surface area contributed by atoms with Gasteiger partial charge in [0, 0.05) is 20.1 Å². The first-order valence-corrected chi connectivity index (χ1v) is 10.7. The molecule has 0 aliphatic heterocycles. The topological polar surface area (TPSA) is 121 Å². The van der Waals surface area contributed by atoms with Crippen molar-refractivity contribution in [3.63, 3.8) is 0 Å². The van der Waals surface area contributed by atoms with Crippen LogP contribution in [0.3, 0.4) is 0 Å². The smallest absolute Gasteiger partial charge is 0.408 e. The predicted octanol–water partition coefficient (Wildman–Crippen LogP) is 2.18. The van der Waals surface area contributed by atoms with Crippen LogP contribution >= 0.6 is 24.0 Å². The van der Waals surface area contributed by atoms with Crippen LogP contribution in [0.15, 0.2) is 34.2 Å². The number of halogens is 1. The summed E-state index contributed by atoms with van der Waals surface area (Å²) in [4.78, 5) is 16.3. The summed E-state index contributed by atoms with van der Waals surface area (Å²) in [6.07, 6.45) is -0.483. The Bertz CT molecular complexity index is 818. The highest BCUT2D eigenvalue weighted by Crippen LogP contribution is 2.10. The number of benzene rings is 1. The average Bonchev–Trinajstić information content (AvgIpc) is 2.60. The van der Waals surface area contributed by atoms with Crippen LogP contribution in [0.5, 0.6) is 0 Å². The molecule has 9 nitrogen and oxygen atoms in total. The Labute approximate surface area is 196 Å². The highest BCUT2D eigenvalue weighted by atomic mass is 127. The van der Waals surface area contributed by atoms with Gasteiger partial charge >= 0.3 is 6.09 Å². The monoisotopic (exact) mass is 555 g/mol. The van der Waals surface area contributed by atoms with Gasteiger partial charge in [-0.1, -0.05) is 12.1 Å². The second-order valence-electron chi connectivity index (χ2n) is 8.14. The number of alkyl carbamates (subject to hydrolysis) is 1. The fraction of sp³-hybridized carbons (Fsp3) is 0.579. The van der Waals surface area contributed by atoms with Crippen LogP contribution in [0.25, 0.3) is 0 Å². The molecule has 0 aliphatic rings. The molecule has 0 aliphatic carbocycles. The van der Waals surface area contributed by atoms with E-state index >= 15 is 0 Å². The molecular weight excluding hydrogens is 521 g/mol. The molecule has 0 fully saturated rings. The number of hydrogen-bond donors (Lipinski definition) is 4. The first kappa shape index (κ1) is 28.4. The standard InChI is InChI=1S/C19H33N5O4S.HI/c1-18(2,3)28-17(25)24-19(4,5)13-23-16(20-6)22-12-14-8-10-15(11-9-14)29(26,27)21-7;/h8-11,21H,12-13H2,1-7H3,(H,24,25)(H2,20,22,23);1H. The van der Waals surface area contributed by atoms with Gasteiger partial charge in [0.1, 0.15) is 5.60 Å². The van der Waals surface area contributed by atoms with Gasteiger partial charge in [-0.15, -0.1) is 24.0 Å². The molecule has 4 N–H and O–H groups in total. The number of rotatable bonds is 7. The van der Waals surface area contributed by atoms with E-state index in [9.17, 15) is 13.2 Å². The lowest BCUT2D eigenvalue weighted by Crippen LogP contribution is -2.54. The highest BCUT2D eigenvalue weighted by Gasteiger charge is 2.24. The SMILES string of the molecule is CN=C(NCc1ccc(S(=O)(=O)NC)cc1)NCC(C)(C)NC(=O)OC(C)(C)C.I. The summed E-state index contributed by atoms with van der Waals surface area (Å²) in [6, 6.07) is 6.57. The third-order valence-corrected chi connectivity index (χ3v) is 5.15. The number of carbonyl (C=O) groups is 1. The third kappa shape index (κ3) is 10.4. The first-order chi connectivity index (χ1) is 13.3. The molecule has 0 bridgehead atoms. The molecule has 11 heteroatoms. The van der Waals surface area contributed by atoms with Gasteiger partial charge in [-0.3, -0.25) is 4.99 Å². The fourth-order valence-corrected chi connectivity index (χ4v) is 2.97. The second-order valence-corrected chi connectivity index (χ2v) is 10.0. The second kappa shape index (κ2) is 11.7. The molecule has 0 saturated carbocycles. The third-order valence-electron chi connectivity index (χ3n) is 3.72. The molecule has 0 heterocycles. The molecule has 0 radical (unpaired) electrons. The van der Waals surface area contributed by atoms with E-state index in [0.717, 1.165) is 5.56 Å². The van der Waals surface area contributed by atoms with Crippen LogP contribution in [0.4, 0.5) is 4.79 Å². The summed E-state index contributed by atoms with van der Waals surface area (Å²) in [5.74, 6) is 0.552. The average molecular weight is 555 g/mol. The number of guanidine groups is 1. The van der Waals surface area contributed by atoms with E-state index in [1.807, 2.05) is 34.6 Å². The number of ether oxygens (including phenoxy) is 1. The van der Waals surface area contributed by atoms with Crippen molar-refractivity contribution in [3.05, 3.63) is 29.8 Å². The van der Waals surface area contributed by atoms with Crippen molar-refractivity contribution in [1.29, 1.82) is 0 Å². The van der Waals surface area contributed by atoms with Crippen molar-refractivity contribution in [2.24, 2.45) is 4.99 Å². The van der Waals surface area contributed by atoms with E-state index < -0.39 is 27.3 Å². The minimum atomic E-state index is -3.45. The highest BCUT2D eigenvalue weighted by molar-refractivity contribution is 14.0. The van der Waals surface area contributed by atoms with Crippen molar-refractivity contribution >= 4 is 46.1 Å². The van der Waals surface area contributed by atoms with Gasteiger partial charge in [0.15, 0.2) is 5.96 Å². The maximum atomic E-state index is 12.0. The Hall–Kier alpha value is -1.60.